The van der Waals surface area contributed by atoms with Gasteiger partial charge < -0.3 is 4.90 Å². The van der Waals surface area contributed by atoms with Crippen molar-refractivity contribution in [1.29, 1.82) is 0 Å². The summed E-state index contributed by atoms with van der Waals surface area (Å²) in [4.78, 5) is 9.26. The molecule has 3 aromatic rings. The summed E-state index contributed by atoms with van der Waals surface area (Å²) in [6.45, 7) is 11.0. The smallest absolute Gasteiger partial charge is 0.0934 e. The van der Waals surface area contributed by atoms with Crippen molar-refractivity contribution >= 4 is 34.3 Å². The molecule has 0 unspecified atom stereocenters. The van der Waals surface area contributed by atoms with Crippen LogP contribution in [-0.2, 0) is 13.0 Å². The molecule has 0 atom stereocenters. The molecule has 1 aromatic carbocycles. The first-order valence-electron chi connectivity index (χ1n) is 8.69. The Kier molecular flexibility index (Phi) is 8.95. The number of aromatic nitrogens is 1. The highest BCUT2D eigenvalue weighted by Gasteiger charge is 2.15. The summed E-state index contributed by atoms with van der Waals surface area (Å²) in [7, 11) is 2.15. The number of nitrogens with zero attached hydrogens (tertiary/aromatic N) is 2. The van der Waals surface area contributed by atoms with Crippen LogP contribution in [0.15, 0.2) is 67.2 Å². The zero-order valence-corrected chi connectivity index (χ0v) is 18.2. The Hall–Kier alpha value is -1.72. The van der Waals surface area contributed by atoms with Crippen LogP contribution in [0.4, 0.5) is 0 Å². The van der Waals surface area contributed by atoms with E-state index in [1.54, 1.807) is 34.8 Å². The summed E-state index contributed by atoms with van der Waals surface area (Å²) in [5, 5.41) is 0. The highest BCUT2D eigenvalue weighted by atomic mass is 35.5. The number of fused-ring (bicyclic) bond motifs is 1. The second kappa shape index (κ2) is 11.2. The molecule has 0 spiro atoms. The van der Waals surface area contributed by atoms with E-state index in [1.165, 1.54) is 27.4 Å². The number of halogens is 1. The third-order valence-corrected chi connectivity index (χ3v) is 6.26. The molecule has 3 heterocycles. The molecule has 0 N–H and O–H groups in total. The van der Waals surface area contributed by atoms with Gasteiger partial charge in [0.2, 0.25) is 0 Å². The molecule has 142 valence electrons. The normalized spacial score (nSPS) is 12.7. The summed E-state index contributed by atoms with van der Waals surface area (Å²) in [5.74, 6) is 0. The number of benzene rings is 1. The number of aryl methyl sites for hydroxylation is 1. The van der Waals surface area contributed by atoms with Gasteiger partial charge in [-0.2, -0.15) is 0 Å². The van der Waals surface area contributed by atoms with Crippen LogP contribution < -0.4 is 0 Å². The Morgan fingerprint density at radius 1 is 1.19 bits per heavy atom. The first-order chi connectivity index (χ1) is 13.0. The number of hydrogen-bond acceptors (Lipinski definition) is 4. The number of rotatable bonds is 2. The molecule has 2 nitrogen and oxygen atoms in total. The van der Waals surface area contributed by atoms with Crippen molar-refractivity contribution in [3.05, 3.63) is 87.7 Å². The minimum Gasteiger partial charge on any atom is -0.301 e. The van der Waals surface area contributed by atoms with E-state index in [1.807, 2.05) is 18.5 Å². The lowest BCUT2D eigenvalue weighted by molar-refractivity contribution is 0.317. The summed E-state index contributed by atoms with van der Waals surface area (Å²) in [5.41, 5.74) is 5.72. The van der Waals surface area contributed by atoms with E-state index in [0.717, 1.165) is 23.0 Å². The molecule has 0 saturated carbocycles. The van der Waals surface area contributed by atoms with Crippen LogP contribution in [0.5, 0.6) is 0 Å². The first kappa shape index (κ1) is 21.6. The Balaban J connectivity index is 0.000000163. The van der Waals surface area contributed by atoms with Gasteiger partial charge in [-0.25, -0.2) is 4.98 Å². The maximum atomic E-state index is 5.90. The molecule has 4 rings (SSSR count). The Morgan fingerprint density at radius 2 is 1.89 bits per heavy atom. The van der Waals surface area contributed by atoms with Crippen LogP contribution in [-0.4, -0.2) is 23.5 Å². The van der Waals surface area contributed by atoms with E-state index in [4.69, 9.17) is 11.6 Å². The summed E-state index contributed by atoms with van der Waals surface area (Å²) < 4.78 is 0.935. The fourth-order valence-corrected chi connectivity index (χ4v) is 4.82. The zero-order chi connectivity index (χ0) is 19.6. The average molecular weight is 417 g/mol. The first-order valence-corrected chi connectivity index (χ1v) is 10.8. The van der Waals surface area contributed by atoms with Crippen molar-refractivity contribution in [2.24, 2.45) is 0 Å². The molecule has 0 amide bonds. The summed E-state index contributed by atoms with van der Waals surface area (Å²) in [6.07, 6.45) is 4.44. The lowest BCUT2D eigenvalue weighted by Crippen LogP contribution is -2.24. The fourth-order valence-electron chi connectivity index (χ4n) is 2.58. The van der Waals surface area contributed by atoms with Gasteiger partial charge in [0.1, 0.15) is 0 Å². The number of thiophene rings is 1. The minimum atomic E-state index is 0.935. The van der Waals surface area contributed by atoms with Crippen molar-refractivity contribution in [2.45, 2.75) is 19.9 Å². The van der Waals surface area contributed by atoms with E-state index >= 15 is 0 Å². The second-order valence-electron chi connectivity index (χ2n) is 6.09. The Bertz CT molecular complexity index is 846. The van der Waals surface area contributed by atoms with E-state index < -0.39 is 0 Å². The topological polar surface area (TPSA) is 16.1 Å². The van der Waals surface area contributed by atoms with Crippen LogP contribution in [0.2, 0.25) is 4.34 Å². The summed E-state index contributed by atoms with van der Waals surface area (Å²) >= 11 is 9.31. The zero-order valence-electron chi connectivity index (χ0n) is 15.8. The second-order valence-corrected chi connectivity index (χ2v) is 8.71. The Morgan fingerprint density at radius 3 is 2.48 bits per heavy atom. The predicted molar refractivity (Wildman–Crippen MR) is 122 cm³/mol. The molecule has 0 bridgehead atoms. The van der Waals surface area contributed by atoms with Gasteiger partial charge in [-0.15, -0.1) is 22.7 Å². The van der Waals surface area contributed by atoms with E-state index in [9.17, 15) is 0 Å². The minimum absolute atomic E-state index is 0.935. The van der Waals surface area contributed by atoms with Gasteiger partial charge in [0, 0.05) is 18.0 Å². The molecule has 0 fully saturated rings. The molecule has 2 aromatic heterocycles. The van der Waals surface area contributed by atoms with Crippen LogP contribution in [0.3, 0.4) is 0 Å². The maximum absolute atomic E-state index is 5.90. The van der Waals surface area contributed by atoms with E-state index in [0.29, 0.717) is 0 Å². The van der Waals surface area contributed by atoms with Crippen LogP contribution in [0.1, 0.15) is 16.1 Å². The van der Waals surface area contributed by atoms with Crippen molar-refractivity contribution in [3.63, 3.8) is 0 Å². The van der Waals surface area contributed by atoms with Gasteiger partial charge >= 0.3 is 0 Å². The van der Waals surface area contributed by atoms with Crippen molar-refractivity contribution < 1.29 is 0 Å². The standard InChI is InChI=1S/C10H9NS.C8H10ClNS.C4H6/c1-8-10(12-7-11-8)9-5-3-2-4-6-9;1-10-3-2-6-4-8(9)11-7(6)5-10;1-3-4-2/h2-7H,1H3;4H,2-3,5H2,1H3;3-4H,1-2H2. The van der Waals surface area contributed by atoms with Crippen LogP contribution >= 0.6 is 34.3 Å². The fraction of sp³-hybridized carbons (Fsp3) is 0.227. The number of allylic oxidation sites excluding steroid dienone is 2. The van der Waals surface area contributed by atoms with Gasteiger partial charge in [0.15, 0.2) is 0 Å². The third kappa shape index (κ3) is 6.74. The van der Waals surface area contributed by atoms with Crippen molar-refractivity contribution in [2.75, 3.05) is 13.6 Å². The van der Waals surface area contributed by atoms with Gasteiger partial charge in [-0.3, -0.25) is 0 Å². The maximum Gasteiger partial charge on any atom is 0.0934 e. The summed E-state index contributed by atoms with van der Waals surface area (Å²) in [6, 6.07) is 12.5. The molecule has 0 radical (unpaired) electrons. The predicted octanol–water partition coefficient (Wildman–Crippen LogP) is 6.87. The molecular weight excluding hydrogens is 392 g/mol. The molecule has 0 saturated heterocycles. The monoisotopic (exact) mass is 416 g/mol. The number of likely N-dealkylation sites (N-methyl/N-ethyl adjacent to an activating group) is 1. The highest BCUT2D eigenvalue weighted by Crippen LogP contribution is 2.30. The molecule has 0 aliphatic carbocycles. The largest absolute Gasteiger partial charge is 0.301 e. The third-order valence-electron chi connectivity index (χ3n) is 3.99. The van der Waals surface area contributed by atoms with Gasteiger partial charge in [-0.05, 0) is 37.6 Å². The molecular formula is C22H25ClN2S2. The van der Waals surface area contributed by atoms with Crippen LogP contribution in [0, 0.1) is 6.92 Å². The van der Waals surface area contributed by atoms with E-state index in [-0.39, 0.29) is 0 Å². The lowest BCUT2D eigenvalue weighted by Gasteiger charge is -2.21. The SMILES string of the molecule is C=CC=C.CN1CCc2cc(Cl)sc2C1.Cc1ncsc1-c1ccccc1. The Labute approximate surface area is 175 Å². The quantitative estimate of drug-likeness (QED) is 0.424. The molecule has 5 heteroatoms. The van der Waals surface area contributed by atoms with Gasteiger partial charge in [-0.1, -0.05) is 67.2 Å². The van der Waals surface area contributed by atoms with E-state index in [2.05, 4.69) is 60.4 Å². The van der Waals surface area contributed by atoms with Crippen molar-refractivity contribution in [1.82, 2.24) is 9.88 Å². The lowest BCUT2D eigenvalue weighted by atomic mass is 10.1. The van der Waals surface area contributed by atoms with Gasteiger partial charge in [0.25, 0.3) is 0 Å². The van der Waals surface area contributed by atoms with Crippen LogP contribution in [0.25, 0.3) is 10.4 Å². The molecule has 27 heavy (non-hydrogen) atoms. The number of hydrogen-bond donors (Lipinski definition) is 0. The number of thiazole rings is 1. The highest BCUT2D eigenvalue weighted by molar-refractivity contribution is 7.16. The molecule has 1 aliphatic heterocycles. The van der Waals surface area contributed by atoms with Crippen molar-refractivity contribution in [3.8, 4) is 10.4 Å². The average Bonchev–Trinajstić information content (AvgIpc) is 3.27. The molecule has 1 aliphatic rings. The van der Waals surface area contributed by atoms with Gasteiger partial charge in [0.05, 0.1) is 20.4 Å².